The Kier molecular flexibility index (Phi) is 6.39. The van der Waals surface area contributed by atoms with E-state index in [0.717, 1.165) is 29.9 Å². The number of benzene rings is 1. The van der Waals surface area contributed by atoms with E-state index in [-0.39, 0.29) is 0 Å². The van der Waals surface area contributed by atoms with E-state index in [1.165, 1.54) is 0 Å². The molecule has 0 aromatic heterocycles. The molecular formula is C11H16BrNO2. The first-order chi connectivity index (χ1) is 7.33. The Morgan fingerprint density at radius 2 is 2.07 bits per heavy atom. The predicted molar refractivity (Wildman–Crippen MR) is 64.4 cm³/mol. The summed E-state index contributed by atoms with van der Waals surface area (Å²) in [5, 5.41) is 3.21. The van der Waals surface area contributed by atoms with Gasteiger partial charge < -0.3 is 14.8 Å². The van der Waals surface area contributed by atoms with E-state index in [4.69, 9.17) is 9.47 Å². The van der Waals surface area contributed by atoms with E-state index in [1.807, 2.05) is 24.3 Å². The van der Waals surface area contributed by atoms with E-state index < -0.39 is 0 Å². The third kappa shape index (κ3) is 5.77. The van der Waals surface area contributed by atoms with Gasteiger partial charge in [-0.15, -0.1) is 0 Å². The average Bonchev–Trinajstić information content (AvgIpc) is 2.23. The summed E-state index contributed by atoms with van der Waals surface area (Å²) in [5.74, 6) is 0.887. The van der Waals surface area contributed by atoms with Crippen molar-refractivity contribution >= 4 is 15.9 Å². The number of ether oxygens (including phenoxy) is 2. The number of methoxy groups -OCH3 is 1. The molecule has 0 amide bonds. The summed E-state index contributed by atoms with van der Waals surface area (Å²) in [6.45, 7) is 3.09. The number of hydrogen-bond acceptors (Lipinski definition) is 3. The third-order valence-corrected chi connectivity index (χ3v) is 2.32. The molecule has 0 bridgehead atoms. The maximum Gasteiger partial charge on any atom is 0.120 e. The molecule has 1 aromatic carbocycles. The van der Waals surface area contributed by atoms with Gasteiger partial charge in [0.2, 0.25) is 0 Å². The largest absolute Gasteiger partial charge is 0.492 e. The molecule has 1 aromatic rings. The standard InChI is InChI=1S/C11H16BrNO2/c1-14-7-5-13-6-8-15-11-4-2-3-10(12)9-11/h2-4,9,13H,5-8H2,1H3. The van der Waals surface area contributed by atoms with Crippen molar-refractivity contribution in [3.63, 3.8) is 0 Å². The zero-order valence-corrected chi connectivity index (χ0v) is 10.4. The number of nitrogens with one attached hydrogen (secondary N) is 1. The normalized spacial score (nSPS) is 10.3. The van der Waals surface area contributed by atoms with Gasteiger partial charge in [-0.1, -0.05) is 22.0 Å². The summed E-state index contributed by atoms with van der Waals surface area (Å²) < 4.78 is 11.5. The molecule has 0 fully saturated rings. The summed E-state index contributed by atoms with van der Waals surface area (Å²) >= 11 is 3.39. The van der Waals surface area contributed by atoms with Crippen molar-refractivity contribution < 1.29 is 9.47 Å². The second kappa shape index (κ2) is 7.68. The summed E-state index contributed by atoms with van der Waals surface area (Å²) in [4.78, 5) is 0. The Morgan fingerprint density at radius 3 is 2.80 bits per heavy atom. The van der Waals surface area contributed by atoms with E-state index in [2.05, 4.69) is 21.2 Å². The lowest BCUT2D eigenvalue weighted by Crippen LogP contribution is -2.24. The highest BCUT2D eigenvalue weighted by atomic mass is 79.9. The molecule has 1 rings (SSSR count). The van der Waals surface area contributed by atoms with E-state index in [0.29, 0.717) is 6.61 Å². The fraction of sp³-hybridized carbons (Fsp3) is 0.455. The highest BCUT2D eigenvalue weighted by molar-refractivity contribution is 9.10. The van der Waals surface area contributed by atoms with Gasteiger partial charge in [-0.3, -0.25) is 0 Å². The molecule has 0 heterocycles. The van der Waals surface area contributed by atoms with Crippen molar-refractivity contribution in [2.75, 3.05) is 33.4 Å². The number of rotatable bonds is 7. The predicted octanol–water partition coefficient (Wildman–Crippen LogP) is 2.06. The van der Waals surface area contributed by atoms with Gasteiger partial charge >= 0.3 is 0 Å². The molecule has 15 heavy (non-hydrogen) atoms. The average molecular weight is 274 g/mol. The maximum atomic E-state index is 5.53. The highest BCUT2D eigenvalue weighted by Crippen LogP contribution is 2.17. The Morgan fingerprint density at radius 1 is 1.27 bits per heavy atom. The Balaban J connectivity index is 2.10. The Labute approximate surface area is 98.9 Å². The topological polar surface area (TPSA) is 30.5 Å². The lowest BCUT2D eigenvalue weighted by molar-refractivity contribution is 0.197. The minimum atomic E-state index is 0.667. The molecule has 0 aliphatic rings. The molecule has 84 valence electrons. The quantitative estimate of drug-likeness (QED) is 0.772. The molecule has 0 spiro atoms. The van der Waals surface area contributed by atoms with Crippen LogP contribution in [-0.4, -0.2) is 33.4 Å². The first-order valence-electron chi connectivity index (χ1n) is 4.91. The Hall–Kier alpha value is -0.580. The van der Waals surface area contributed by atoms with Gasteiger partial charge in [0.05, 0.1) is 6.61 Å². The van der Waals surface area contributed by atoms with Crippen molar-refractivity contribution in [1.82, 2.24) is 5.32 Å². The van der Waals surface area contributed by atoms with E-state index in [9.17, 15) is 0 Å². The zero-order chi connectivity index (χ0) is 10.9. The number of hydrogen-bond donors (Lipinski definition) is 1. The van der Waals surface area contributed by atoms with Crippen LogP contribution in [0, 0.1) is 0 Å². The van der Waals surface area contributed by atoms with Crippen LogP contribution in [0.5, 0.6) is 5.75 Å². The van der Waals surface area contributed by atoms with Crippen LogP contribution in [0.4, 0.5) is 0 Å². The minimum Gasteiger partial charge on any atom is -0.492 e. The zero-order valence-electron chi connectivity index (χ0n) is 8.83. The number of halogens is 1. The van der Waals surface area contributed by atoms with E-state index >= 15 is 0 Å². The van der Waals surface area contributed by atoms with Gasteiger partial charge in [-0.2, -0.15) is 0 Å². The van der Waals surface area contributed by atoms with Crippen molar-refractivity contribution in [2.24, 2.45) is 0 Å². The second-order valence-corrected chi connectivity index (χ2v) is 3.96. The van der Waals surface area contributed by atoms with Gasteiger partial charge in [0, 0.05) is 24.7 Å². The molecule has 0 aliphatic heterocycles. The first-order valence-corrected chi connectivity index (χ1v) is 5.70. The molecule has 1 N–H and O–H groups in total. The summed E-state index contributed by atoms with van der Waals surface area (Å²) in [6, 6.07) is 7.83. The van der Waals surface area contributed by atoms with Gasteiger partial charge in [0.15, 0.2) is 0 Å². The van der Waals surface area contributed by atoms with Crippen molar-refractivity contribution in [1.29, 1.82) is 0 Å². The lowest BCUT2D eigenvalue weighted by Gasteiger charge is -2.07. The van der Waals surface area contributed by atoms with Gasteiger partial charge in [-0.25, -0.2) is 0 Å². The van der Waals surface area contributed by atoms with Crippen LogP contribution in [0.25, 0.3) is 0 Å². The summed E-state index contributed by atoms with van der Waals surface area (Å²) in [5.41, 5.74) is 0. The third-order valence-electron chi connectivity index (χ3n) is 1.83. The van der Waals surface area contributed by atoms with Crippen LogP contribution in [0.15, 0.2) is 28.7 Å². The highest BCUT2D eigenvalue weighted by Gasteiger charge is 1.93. The first kappa shape index (κ1) is 12.5. The maximum absolute atomic E-state index is 5.53. The summed E-state index contributed by atoms with van der Waals surface area (Å²) in [6.07, 6.45) is 0. The van der Waals surface area contributed by atoms with Crippen molar-refractivity contribution in [3.05, 3.63) is 28.7 Å². The van der Waals surface area contributed by atoms with Crippen LogP contribution >= 0.6 is 15.9 Å². The molecule has 0 atom stereocenters. The molecular weight excluding hydrogens is 258 g/mol. The van der Waals surface area contributed by atoms with Crippen molar-refractivity contribution in [2.45, 2.75) is 0 Å². The van der Waals surface area contributed by atoms with Crippen molar-refractivity contribution in [3.8, 4) is 5.75 Å². The smallest absolute Gasteiger partial charge is 0.120 e. The van der Waals surface area contributed by atoms with Crippen LogP contribution in [-0.2, 0) is 4.74 Å². The molecule has 0 saturated carbocycles. The van der Waals surface area contributed by atoms with Crippen LogP contribution in [0.3, 0.4) is 0 Å². The monoisotopic (exact) mass is 273 g/mol. The SMILES string of the molecule is COCCNCCOc1cccc(Br)c1. The molecule has 0 unspecified atom stereocenters. The fourth-order valence-corrected chi connectivity index (χ4v) is 1.48. The minimum absolute atomic E-state index is 0.667. The van der Waals surface area contributed by atoms with Crippen LogP contribution in [0.2, 0.25) is 0 Å². The van der Waals surface area contributed by atoms with Crippen LogP contribution in [0.1, 0.15) is 0 Å². The van der Waals surface area contributed by atoms with Crippen LogP contribution < -0.4 is 10.1 Å². The molecule has 0 radical (unpaired) electrons. The van der Waals surface area contributed by atoms with Gasteiger partial charge in [0.25, 0.3) is 0 Å². The molecule has 3 nitrogen and oxygen atoms in total. The van der Waals surface area contributed by atoms with E-state index in [1.54, 1.807) is 7.11 Å². The fourth-order valence-electron chi connectivity index (χ4n) is 1.10. The molecule has 0 aliphatic carbocycles. The molecule has 4 heteroatoms. The second-order valence-electron chi connectivity index (χ2n) is 3.05. The van der Waals surface area contributed by atoms with Gasteiger partial charge in [-0.05, 0) is 18.2 Å². The van der Waals surface area contributed by atoms with Gasteiger partial charge in [0.1, 0.15) is 12.4 Å². The summed E-state index contributed by atoms with van der Waals surface area (Å²) in [7, 11) is 1.69. The lowest BCUT2D eigenvalue weighted by atomic mass is 10.3. The molecule has 0 saturated heterocycles. The Bertz CT molecular complexity index is 281.